The van der Waals surface area contributed by atoms with Crippen LogP contribution in [0.1, 0.15) is 12.0 Å². The van der Waals surface area contributed by atoms with Gasteiger partial charge in [-0.15, -0.1) is 0 Å². The summed E-state index contributed by atoms with van der Waals surface area (Å²) in [6, 6.07) is 9.77. The zero-order valence-corrected chi connectivity index (χ0v) is 8.22. The third-order valence-corrected chi connectivity index (χ3v) is 2.37. The molecular formula is C12H12O3. The molecule has 2 rings (SSSR count). The smallest absolute Gasteiger partial charge is 0.333 e. The van der Waals surface area contributed by atoms with Crippen LogP contribution in [0, 0.1) is 0 Å². The summed E-state index contributed by atoms with van der Waals surface area (Å²) < 4.78 is 4.78. The highest BCUT2D eigenvalue weighted by Gasteiger charge is 2.32. The number of ether oxygens (including phenoxy) is 1. The Kier molecular flexibility index (Phi) is 2.56. The second kappa shape index (κ2) is 3.87. The van der Waals surface area contributed by atoms with Gasteiger partial charge in [0.25, 0.3) is 0 Å². The fourth-order valence-electron chi connectivity index (χ4n) is 1.54. The monoisotopic (exact) mass is 204 g/mol. The number of cyclic esters (lactones) is 1. The van der Waals surface area contributed by atoms with Crippen LogP contribution in [0.3, 0.4) is 0 Å². The first kappa shape index (κ1) is 9.93. The largest absolute Gasteiger partial charge is 0.426 e. The Balaban J connectivity index is 1.94. The lowest BCUT2D eigenvalue weighted by molar-refractivity contribution is -0.179. The van der Waals surface area contributed by atoms with Gasteiger partial charge in [-0.2, -0.15) is 0 Å². The summed E-state index contributed by atoms with van der Waals surface area (Å²) in [6.07, 6.45) is 3.72. The Morgan fingerprint density at radius 2 is 2.00 bits per heavy atom. The third kappa shape index (κ3) is 2.44. The number of aryl methyl sites for hydroxylation is 1. The molecule has 0 fully saturated rings. The molecule has 1 atom stereocenters. The molecule has 0 radical (unpaired) electrons. The maximum absolute atomic E-state index is 10.8. The second-order valence-corrected chi connectivity index (χ2v) is 3.58. The van der Waals surface area contributed by atoms with E-state index < -0.39 is 11.8 Å². The molecule has 0 saturated carbocycles. The van der Waals surface area contributed by atoms with E-state index in [2.05, 4.69) is 0 Å². The minimum Gasteiger partial charge on any atom is -0.426 e. The molecule has 1 aromatic carbocycles. The predicted molar refractivity (Wildman–Crippen MR) is 54.9 cm³/mol. The molecule has 0 spiro atoms. The summed E-state index contributed by atoms with van der Waals surface area (Å²) in [6.45, 7) is 0. The Morgan fingerprint density at radius 3 is 2.60 bits per heavy atom. The molecular weight excluding hydrogens is 192 g/mol. The summed E-state index contributed by atoms with van der Waals surface area (Å²) in [4.78, 5) is 10.8. The normalized spacial score (nSPS) is 24.2. The molecule has 0 unspecified atom stereocenters. The second-order valence-electron chi connectivity index (χ2n) is 3.58. The number of hydrogen-bond donors (Lipinski definition) is 1. The van der Waals surface area contributed by atoms with Gasteiger partial charge in [0.15, 0.2) is 0 Å². The van der Waals surface area contributed by atoms with E-state index in [0.29, 0.717) is 12.8 Å². The molecule has 1 aromatic rings. The molecule has 1 aliphatic rings. The van der Waals surface area contributed by atoms with Gasteiger partial charge in [0.05, 0.1) is 0 Å². The summed E-state index contributed by atoms with van der Waals surface area (Å²) >= 11 is 0. The van der Waals surface area contributed by atoms with E-state index in [-0.39, 0.29) is 0 Å². The van der Waals surface area contributed by atoms with E-state index >= 15 is 0 Å². The Bertz CT molecular complexity index is 383. The zero-order chi connectivity index (χ0) is 10.7. The average Bonchev–Trinajstić information content (AvgIpc) is 2.58. The van der Waals surface area contributed by atoms with Crippen LogP contribution in [-0.2, 0) is 16.0 Å². The third-order valence-electron chi connectivity index (χ3n) is 2.37. The van der Waals surface area contributed by atoms with Crippen molar-refractivity contribution in [2.24, 2.45) is 0 Å². The number of hydrogen-bond acceptors (Lipinski definition) is 3. The first-order chi connectivity index (χ1) is 7.18. The highest BCUT2D eigenvalue weighted by molar-refractivity contribution is 5.84. The van der Waals surface area contributed by atoms with Crippen molar-refractivity contribution in [3.8, 4) is 0 Å². The van der Waals surface area contributed by atoms with Crippen molar-refractivity contribution >= 4 is 5.97 Å². The van der Waals surface area contributed by atoms with E-state index in [1.54, 1.807) is 0 Å². The van der Waals surface area contributed by atoms with Gasteiger partial charge in [-0.3, -0.25) is 0 Å². The van der Waals surface area contributed by atoms with E-state index in [1.165, 1.54) is 12.2 Å². The Hall–Kier alpha value is -1.61. The minimum atomic E-state index is -1.41. The SMILES string of the molecule is O=C1C=C[C@](O)(CCc2ccccc2)O1. The first-order valence-electron chi connectivity index (χ1n) is 4.86. The van der Waals surface area contributed by atoms with Crippen molar-refractivity contribution in [2.45, 2.75) is 18.6 Å². The van der Waals surface area contributed by atoms with Crippen LogP contribution in [0.5, 0.6) is 0 Å². The maximum atomic E-state index is 10.8. The van der Waals surface area contributed by atoms with Crippen molar-refractivity contribution in [3.63, 3.8) is 0 Å². The Labute approximate surface area is 88.0 Å². The van der Waals surface area contributed by atoms with Crippen LogP contribution in [0.2, 0.25) is 0 Å². The summed E-state index contributed by atoms with van der Waals surface area (Å²) in [5.74, 6) is -1.89. The highest BCUT2D eigenvalue weighted by atomic mass is 16.7. The molecule has 78 valence electrons. The standard InChI is InChI=1S/C12H12O3/c13-11-7-9-12(14,15-11)8-6-10-4-2-1-3-5-10/h1-5,7,9,14H,6,8H2/t12-/m0/s1. The van der Waals surface area contributed by atoms with Crippen LogP contribution in [0.25, 0.3) is 0 Å². The summed E-state index contributed by atoms with van der Waals surface area (Å²) in [7, 11) is 0. The number of esters is 1. The van der Waals surface area contributed by atoms with Crippen molar-refractivity contribution < 1.29 is 14.6 Å². The van der Waals surface area contributed by atoms with Crippen LogP contribution in [0.4, 0.5) is 0 Å². The first-order valence-corrected chi connectivity index (χ1v) is 4.86. The van der Waals surface area contributed by atoms with Crippen LogP contribution < -0.4 is 0 Å². The van der Waals surface area contributed by atoms with Crippen molar-refractivity contribution in [2.75, 3.05) is 0 Å². The number of carbonyl (C=O) groups excluding carboxylic acids is 1. The molecule has 15 heavy (non-hydrogen) atoms. The zero-order valence-electron chi connectivity index (χ0n) is 8.22. The lowest BCUT2D eigenvalue weighted by Gasteiger charge is -2.19. The molecule has 0 saturated heterocycles. The highest BCUT2D eigenvalue weighted by Crippen LogP contribution is 2.22. The average molecular weight is 204 g/mol. The number of carbonyl (C=O) groups is 1. The number of benzene rings is 1. The molecule has 0 aromatic heterocycles. The van der Waals surface area contributed by atoms with Crippen molar-refractivity contribution in [1.82, 2.24) is 0 Å². The fraction of sp³-hybridized carbons (Fsp3) is 0.250. The summed E-state index contributed by atoms with van der Waals surface area (Å²) in [5.41, 5.74) is 1.11. The van der Waals surface area contributed by atoms with Gasteiger partial charge in [0.2, 0.25) is 5.79 Å². The molecule has 0 amide bonds. The topological polar surface area (TPSA) is 46.5 Å². The van der Waals surface area contributed by atoms with Crippen LogP contribution >= 0.6 is 0 Å². The molecule has 1 N–H and O–H groups in total. The lowest BCUT2D eigenvalue weighted by Crippen LogP contribution is -2.28. The number of aliphatic hydroxyl groups is 1. The lowest BCUT2D eigenvalue weighted by atomic mass is 10.0. The fourth-order valence-corrected chi connectivity index (χ4v) is 1.54. The molecule has 0 bridgehead atoms. The quantitative estimate of drug-likeness (QED) is 0.757. The van der Waals surface area contributed by atoms with Crippen LogP contribution in [-0.4, -0.2) is 16.9 Å². The molecule has 1 aliphatic heterocycles. The summed E-state index contributed by atoms with van der Waals surface area (Å²) in [5, 5.41) is 9.79. The van der Waals surface area contributed by atoms with E-state index in [9.17, 15) is 9.90 Å². The van der Waals surface area contributed by atoms with Gasteiger partial charge in [0.1, 0.15) is 0 Å². The van der Waals surface area contributed by atoms with Gasteiger partial charge >= 0.3 is 5.97 Å². The molecule has 3 nitrogen and oxygen atoms in total. The van der Waals surface area contributed by atoms with E-state index in [0.717, 1.165) is 5.56 Å². The molecule has 3 heteroatoms. The minimum absolute atomic E-state index is 0.388. The van der Waals surface area contributed by atoms with Gasteiger partial charge < -0.3 is 9.84 Å². The van der Waals surface area contributed by atoms with E-state index in [1.807, 2.05) is 30.3 Å². The van der Waals surface area contributed by atoms with Crippen molar-refractivity contribution in [1.29, 1.82) is 0 Å². The van der Waals surface area contributed by atoms with Gasteiger partial charge in [-0.25, -0.2) is 4.79 Å². The predicted octanol–water partition coefficient (Wildman–Crippen LogP) is 1.42. The van der Waals surface area contributed by atoms with Gasteiger partial charge in [-0.1, -0.05) is 30.3 Å². The number of rotatable bonds is 3. The van der Waals surface area contributed by atoms with Gasteiger partial charge in [-0.05, 0) is 18.1 Å². The molecule has 0 aliphatic carbocycles. The maximum Gasteiger partial charge on any atom is 0.333 e. The Morgan fingerprint density at radius 1 is 1.27 bits per heavy atom. The van der Waals surface area contributed by atoms with E-state index in [4.69, 9.17) is 4.74 Å². The molecule has 1 heterocycles. The van der Waals surface area contributed by atoms with Gasteiger partial charge in [0, 0.05) is 12.5 Å². The van der Waals surface area contributed by atoms with Crippen LogP contribution in [0.15, 0.2) is 42.5 Å². The van der Waals surface area contributed by atoms with Crippen molar-refractivity contribution in [3.05, 3.63) is 48.0 Å².